The lowest BCUT2D eigenvalue weighted by Gasteiger charge is -2.11. The first-order valence-corrected chi connectivity index (χ1v) is 8.73. The first-order valence-electron chi connectivity index (χ1n) is 8.73. The SMILES string of the molecule is CC(C)=CCOc1ccc(-c2cc(F)c(-c3ccc(O)cc3)cc2F)cc1O. The second kappa shape index (κ2) is 8.13. The minimum atomic E-state index is -0.623. The Morgan fingerprint density at radius 2 is 1.43 bits per heavy atom. The second-order valence-electron chi connectivity index (χ2n) is 6.63. The molecule has 0 saturated heterocycles. The Balaban J connectivity index is 1.91. The number of halogens is 2. The minimum Gasteiger partial charge on any atom is -0.508 e. The van der Waals surface area contributed by atoms with Crippen molar-refractivity contribution in [1.82, 2.24) is 0 Å². The highest BCUT2D eigenvalue weighted by molar-refractivity contribution is 5.73. The van der Waals surface area contributed by atoms with E-state index in [1.54, 1.807) is 6.07 Å². The van der Waals surface area contributed by atoms with Crippen molar-refractivity contribution in [1.29, 1.82) is 0 Å². The van der Waals surface area contributed by atoms with Gasteiger partial charge in [0, 0.05) is 11.1 Å². The van der Waals surface area contributed by atoms with Crippen LogP contribution in [0.25, 0.3) is 22.3 Å². The molecule has 0 heterocycles. The van der Waals surface area contributed by atoms with Crippen LogP contribution in [0.4, 0.5) is 8.78 Å². The number of benzene rings is 3. The van der Waals surface area contributed by atoms with E-state index < -0.39 is 11.6 Å². The molecular weight excluding hydrogens is 362 g/mol. The molecule has 0 aliphatic rings. The maximum absolute atomic E-state index is 14.7. The maximum atomic E-state index is 14.7. The molecule has 3 rings (SSSR count). The maximum Gasteiger partial charge on any atom is 0.161 e. The summed E-state index contributed by atoms with van der Waals surface area (Å²) in [6.07, 6.45) is 1.87. The predicted molar refractivity (Wildman–Crippen MR) is 105 cm³/mol. The van der Waals surface area contributed by atoms with Crippen LogP contribution in [0.5, 0.6) is 17.2 Å². The zero-order valence-corrected chi connectivity index (χ0v) is 15.5. The fourth-order valence-corrected chi connectivity index (χ4v) is 2.74. The first kappa shape index (κ1) is 19.4. The lowest BCUT2D eigenvalue weighted by molar-refractivity contribution is 0.335. The summed E-state index contributed by atoms with van der Waals surface area (Å²) < 4.78 is 34.7. The summed E-state index contributed by atoms with van der Waals surface area (Å²) in [6, 6.07) is 12.5. The standard InChI is InChI=1S/C23H20F2O3/c1-14(2)9-10-28-23-8-5-16(11-22(23)27)19-13-20(24)18(12-21(19)25)15-3-6-17(26)7-4-15/h3-9,11-13,26-27H,10H2,1-2H3. The van der Waals surface area contributed by atoms with Gasteiger partial charge in [0.2, 0.25) is 0 Å². The molecule has 0 radical (unpaired) electrons. The number of rotatable bonds is 5. The molecule has 144 valence electrons. The van der Waals surface area contributed by atoms with Gasteiger partial charge in [-0.05, 0) is 67.4 Å². The van der Waals surface area contributed by atoms with Gasteiger partial charge in [-0.2, -0.15) is 0 Å². The highest BCUT2D eigenvalue weighted by Crippen LogP contribution is 2.35. The van der Waals surface area contributed by atoms with Crippen LogP contribution in [0.3, 0.4) is 0 Å². The van der Waals surface area contributed by atoms with Crippen molar-refractivity contribution >= 4 is 0 Å². The molecule has 0 unspecified atom stereocenters. The molecular formula is C23H20F2O3. The molecule has 3 aromatic rings. The Morgan fingerprint density at radius 1 is 0.857 bits per heavy atom. The molecule has 0 saturated carbocycles. The number of allylic oxidation sites excluding steroid dienone is 1. The molecule has 0 bridgehead atoms. The molecule has 2 N–H and O–H groups in total. The molecule has 3 aromatic carbocycles. The third-order valence-corrected chi connectivity index (χ3v) is 4.24. The average molecular weight is 382 g/mol. The van der Waals surface area contributed by atoms with Crippen molar-refractivity contribution < 1.29 is 23.7 Å². The fraction of sp³-hybridized carbons (Fsp3) is 0.130. The van der Waals surface area contributed by atoms with Crippen molar-refractivity contribution in [3.63, 3.8) is 0 Å². The topological polar surface area (TPSA) is 49.7 Å². The van der Waals surface area contributed by atoms with Crippen LogP contribution in [-0.2, 0) is 0 Å². The summed E-state index contributed by atoms with van der Waals surface area (Å²) in [4.78, 5) is 0. The number of ether oxygens (including phenoxy) is 1. The zero-order chi connectivity index (χ0) is 20.3. The third kappa shape index (κ3) is 4.31. The van der Waals surface area contributed by atoms with Crippen LogP contribution in [0.2, 0.25) is 0 Å². The summed E-state index contributed by atoms with van der Waals surface area (Å²) in [6.45, 7) is 4.18. The van der Waals surface area contributed by atoms with E-state index in [9.17, 15) is 19.0 Å². The Bertz CT molecular complexity index is 1020. The molecule has 28 heavy (non-hydrogen) atoms. The zero-order valence-electron chi connectivity index (χ0n) is 15.5. The number of phenols is 2. The molecule has 3 nitrogen and oxygen atoms in total. The summed E-state index contributed by atoms with van der Waals surface area (Å²) in [5, 5.41) is 19.5. The van der Waals surface area contributed by atoms with Gasteiger partial charge >= 0.3 is 0 Å². The fourth-order valence-electron chi connectivity index (χ4n) is 2.74. The van der Waals surface area contributed by atoms with E-state index in [-0.39, 0.29) is 28.4 Å². The van der Waals surface area contributed by atoms with Crippen LogP contribution >= 0.6 is 0 Å². The number of aromatic hydroxyl groups is 2. The Morgan fingerprint density at radius 3 is 2.00 bits per heavy atom. The Hall–Kier alpha value is -3.34. The minimum absolute atomic E-state index is 0.0335. The van der Waals surface area contributed by atoms with Crippen LogP contribution in [0.1, 0.15) is 13.8 Å². The molecule has 0 aromatic heterocycles. The highest BCUT2D eigenvalue weighted by Gasteiger charge is 2.15. The van der Waals surface area contributed by atoms with Crippen molar-refractivity contribution in [3.8, 4) is 39.5 Å². The third-order valence-electron chi connectivity index (χ3n) is 4.24. The lowest BCUT2D eigenvalue weighted by Crippen LogP contribution is -1.95. The lowest BCUT2D eigenvalue weighted by atomic mass is 9.98. The molecule has 0 fully saturated rings. The van der Waals surface area contributed by atoms with Crippen molar-refractivity contribution in [2.45, 2.75) is 13.8 Å². The van der Waals surface area contributed by atoms with Crippen LogP contribution in [-0.4, -0.2) is 16.8 Å². The summed E-state index contributed by atoms with van der Waals surface area (Å²) >= 11 is 0. The van der Waals surface area contributed by atoms with Gasteiger partial charge in [-0.3, -0.25) is 0 Å². The smallest absolute Gasteiger partial charge is 0.161 e. The Kier molecular flexibility index (Phi) is 5.64. The predicted octanol–water partition coefficient (Wildman–Crippen LogP) is 6.06. The van der Waals surface area contributed by atoms with Gasteiger partial charge in [-0.1, -0.05) is 23.8 Å². The molecule has 0 spiro atoms. The summed E-state index contributed by atoms with van der Waals surface area (Å²) in [7, 11) is 0. The molecule has 0 aliphatic carbocycles. The highest BCUT2D eigenvalue weighted by atomic mass is 19.1. The first-order chi connectivity index (χ1) is 13.3. The van der Waals surface area contributed by atoms with E-state index >= 15 is 0 Å². The van der Waals surface area contributed by atoms with E-state index in [1.807, 2.05) is 19.9 Å². The van der Waals surface area contributed by atoms with Gasteiger partial charge < -0.3 is 14.9 Å². The van der Waals surface area contributed by atoms with E-state index in [2.05, 4.69) is 0 Å². The normalized spacial score (nSPS) is 10.6. The van der Waals surface area contributed by atoms with Gasteiger partial charge in [0.25, 0.3) is 0 Å². The number of hydrogen-bond acceptors (Lipinski definition) is 3. The number of phenolic OH excluding ortho intramolecular Hbond substituents is 2. The molecule has 0 amide bonds. The van der Waals surface area contributed by atoms with Gasteiger partial charge in [0.05, 0.1) is 0 Å². The van der Waals surface area contributed by atoms with Crippen LogP contribution < -0.4 is 4.74 Å². The van der Waals surface area contributed by atoms with Crippen molar-refractivity contribution in [2.75, 3.05) is 6.61 Å². The molecule has 0 aliphatic heterocycles. The van der Waals surface area contributed by atoms with Gasteiger partial charge in [-0.25, -0.2) is 8.78 Å². The molecule has 5 heteroatoms. The van der Waals surface area contributed by atoms with Gasteiger partial charge in [0.15, 0.2) is 11.5 Å². The van der Waals surface area contributed by atoms with E-state index in [4.69, 9.17) is 4.74 Å². The number of hydrogen-bond donors (Lipinski definition) is 2. The van der Waals surface area contributed by atoms with Crippen molar-refractivity contribution in [2.24, 2.45) is 0 Å². The average Bonchev–Trinajstić information content (AvgIpc) is 2.65. The largest absolute Gasteiger partial charge is 0.508 e. The van der Waals surface area contributed by atoms with Gasteiger partial charge in [0.1, 0.15) is 24.0 Å². The molecule has 0 atom stereocenters. The monoisotopic (exact) mass is 382 g/mol. The van der Waals surface area contributed by atoms with E-state index in [0.29, 0.717) is 17.7 Å². The summed E-state index contributed by atoms with van der Waals surface area (Å²) in [5.74, 6) is -1.07. The van der Waals surface area contributed by atoms with Crippen LogP contribution in [0, 0.1) is 11.6 Å². The summed E-state index contributed by atoms with van der Waals surface area (Å²) in [5.41, 5.74) is 1.99. The van der Waals surface area contributed by atoms with Gasteiger partial charge in [-0.15, -0.1) is 0 Å². The quantitative estimate of drug-likeness (QED) is 0.528. The van der Waals surface area contributed by atoms with E-state index in [1.165, 1.54) is 36.4 Å². The van der Waals surface area contributed by atoms with Crippen LogP contribution in [0.15, 0.2) is 66.2 Å². The Labute approximate surface area is 162 Å². The van der Waals surface area contributed by atoms with E-state index in [0.717, 1.165) is 17.7 Å². The second-order valence-corrected chi connectivity index (χ2v) is 6.63. The van der Waals surface area contributed by atoms with Crippen molar-refractivity contribution in [3.05, 3.63) is 77.9 Å².